The van der Waals surface area contributed by atoms with Crippen LogP contribution in [0.3, 0.4) is 0 Å². The average Bonchev–Trinajstić information content (AvgIpc) is 2.93. The van der Waals surface area contributed by atoms with Gasteiger partial charge in [-0.2, -0.15) is 0 Å². The van der Waals surface area contributed by atoms with Crippen molar-refractivity contribution in [2.75, 3.05) is 18.4 Å². The van der Waals surface area contributed by atoms with Crippen molar-refractivity contribution in [3.05, 3.63) is 46.6 Å². The maximum Gasteiger partial charge on any atom is 0.330 e. The minimum absolute atomic E-state index is 0.0246. The quantitative estimate of drug-likeness (QED) is 0.806. The van der Waals surface area contributed by atoms with Crippen molar-refractivity contribution in [1.29, 1.82) is 0 Å². The molecule has 2 aromatic rings. The van der Waals surface area contributed by atoms with Gasteiger partial charge in [0.2, 0.25) is 11.8 Å². The Hall–Kier alpha value is -2.83. The van der Waals surface area contributed by atoms with Gasteiger partial charge in [-0.25, -0.2) is 4.79 Å². The number of nitrogens with zero attached hydrogens (tertiary/aromatic N) is 2. The molecule has 2 N–H and O–H groups in total. The van der Waals surface area contributed by atoms with Gasteiger partial charge in [0, 0.05) is 43.5 Å². The van der Waals surface area contributed by atoms with Crippen LogP contribution in [0.4, 0.5) is 5.69 Å². The van der Waals surface area contributed by atoms with Crippen molar-refractivity contribution in [1.82, 2.24) is 14.5 Å². The second-order valence-electron chi connectivity index (χ2n) is 5.74. The van der Waals surface area contributed by atoms with Crippen LogP contribution in [0.1, 0.15) is 32.4 Å². The highest BCUT2D eigenvalue weighted by Crippen LogP contribution is 2.15. The lowest BCUT2D eigenvalue weighted by molar-refractivity contribution is -0.132. The van der Waals surface area contributed by atoms with Crippen LogP contribution in [0.2, 0.25) is 0 Å². The number of imidazole rings is 1. The molecule has 0 bridgehead atoms. The Kier molecular flexibility index (Phi) is 6.16. The summed E-state index contributed by atoms with van der Waals surface area (Å²) in [5.41, 5.74) is 1.80. The van der Waals surface area contributed by atoms with E-state index in [-0.39, 0.29) is 30.3 Å². The number of amides is 2. The van der Waals surface area contributed by atoms with Crippen LogP contribution in [0.5, 0.6) is 0 Å². The number of carbonyl (C=O) groups is 2. The molecule has 2 rings (SSSR count). The Labute approximate surface area is 146 Å². The van der Waals surface area contributed by atoms with E-state index in [0.29, 0.717) is 24.5 Å². The highest BCUT2D eigenvalue weighted by Gasteiger charge is 2.12. The molecule has 0 unspecified atom stereocenters. The Bertz CT molecular complexity index is 803. The number of aryl methyl sites for hydroxylation is 1. The highest BCUT2D eigenvalue weighted by atomic mass is 16.2. The number of hydrogen-bond donors (Lipinski definition) is 2. The third-order valence-electron chi connectivity index (χ3n) is 4.03. The van der Waals surface area contributed by atoms with E-state index in [1.807, 2.05) is 20.8 Å². The second kappa shape index (κ2) is 8.32. The minimum Gasteiger partial charge on any atom is -0.343 e. The zero-order valence-corrected chi connectivity index (χ0v) is 14.8. The molecule has 0 atom stereocenters. The molecule has 0 fully saturated rings. The number of benzene rings is 1. The molecular weight excluding hydrogens is 320 g/mol. The Balaban J connectivity index is 2.01. The summed E-state index contributed by atoms with van der Waals surface area (Å²) in [4.78, 5) is 40.2. The fourth-order valence-corrected chi connectivity index (χ4v) is 2.68. The molecule has 2 amide bonds. The van der Waals surface area contributed by atoms with Gasteiger partial charge in [-0.15, -0.1) is 0 Å². The zero-order valence-electron chi connectivity index (χ0n) is 14.8. The molecule has 0 aliphatic heterocycles. The maximum absolute atomic E-state index is 12.1. The molecule has 0 aliphatic carbocycles. The molecule has 1 aromatic carbocycles. The molecule has 1 aromatic heterocycles. The van der Waals surface area contributed by atoms with E-state index in [2.05, 4.69) is 10.3 Å². The summed E-state index contributed by atoms with van der Waals surface area (Å²) in [6.45, 7) is 6.94. The molecule has 0 aliphatic rings. The lowest BCUT2D eigenvalue weighted by atomic mass is 10.2. The molecule has 1 heterocycles. The number of hydrogen-bond acceptors (Lipinski definition) is 3. The smallest absolute Gasteiger partial charge is 0.330 e. The van der Waals surface area contributed by atoms with E-state index in [0.717, 1.165) is 5.69 Å². The van der Waals surface area contributed by atoms with Crippen molar-refractivity contribution in [2.24, 2.45) is 0 Å². The summed E-state index contributed by atoms with van der Waals surface area (Å²) in [5.74, 6) is -0.251. The van der Waals surface area contributed by atoms with Crippen LogP contribution in [0.15, 0.2) is 35.3 Å². The molecule has 7 heteroatoms. The van der Waals surface area contributed by atoms with Crippen LogP contribution < -0.4 is 11.0 Å². The first-order valence-electron chi connectivity index (χ1n) is 8.41. The van der Waals surface area contributed by atoms with E-state index in [1.54, 1.807) is 35.4 Å². The van der Waals surface area contributed by atoms with E-state index >= 15 is 0 Å². The van der Waals surface area contributed by atoms with Crippen molar-refractivity contribution in [3.63, 3.8) is 0 Å². The summed E-state index contributed by atoms with van der Waals surface area (Å²) < 4.78 is 1.53. The normalized spacial score (nSPS) is 10.5. The first-order valence-corrected chi connectivity index (χ1v) is 8.41. The summed E-state index contributed by atoms with van der Waals surface area (Å²) in [6.07, 6.45) is 1.94. The maximum atomic E-state index is 12.1. The van der Waals surface area contributed by atoms with E-state index in [1.165, 1.54) is 4.57 Å². The van der Waals surface area contributed by atoms with Gasteiger partial charge in [-0.05, 0) is 39.0 Å². The lowest BCUT2D eigenvalue weighted by Crippen LogP contribution is -2.31. The Morgan fingerprint density at radius 3 is 2.52 bits per heavy atom. The number of anilines is 1. The summed E-state index contributed by atoms with van der Waals surface area (Å²) >= 11 is 0. The summed E-state index contributed by atoms with van der Waals surface area (Å²) in [6, 6.07) is 7.04. The van der Waals surface area contributed by atoms with E-state index < -0.39 is 0 Å². The molecule has 7 nitrogen and oxygen atoms in total. The van der Waals surface area contributed by atoms with Crippen LogP contribution in [0.25, 0.3) is 5.69 Å². The molecule has 134 valence electrons. The predicted octanol–water partition coefficient (Wildman–Crippen LogP) is 2.06. The van der Waals surface area contributed by atoms with Gasteiger partial charge >= 0.3 is 5.69 Å². The van der Waals surface area contributed by atoms with Crippen LogP contribution in [-0.4, -0.2) is 39.4 Å². The molecule has 0 saturated heterocycles. The van der Waals surface area contributed by atoms with Crippen molar-refractivity contribution >= 4 is 17.5 Å². The standard InChI is InChI=1S/C18H24N4O3/c1-4-21(5-2)17(24)10-9-16(23)20-14-7-6-8-15(11-14)22-13(3)12-19-18(22)25/h6-8,11-12H,4-5,9-10H2,1-3H3,(H,19,25)(H,20,23). The third kappa shape index (κ3) is 4.59. The number of aromatic nitrogens is 2. The predicted molar refractivity (Wildman–Crippen MR) is 96.9 cm³/mol. The number of carbonyl (C=O) groups excluding carboxylic acids is 2. The van der Waals surface area contributed by atoms with Crippen molar-refractivity contribution in [2.45, 2.75) is 33.6 Å². The van der Waals surface area contributed by atoms with Gasteiger partial charge in [0.1, 0.15) is 0 Å². The van der Waals surface area contributed by atoms with Gasteiger partial charge in [0.15, 0.2) is 0 Å². The fraction of sp³-hybridized carbons (Fsp3) is 0.389. The summed E-state index contributed by atoms with van der Waals surface area (Å²) in [5, 5.41) is 2.78. The molecular formula is C18H24N4O3. The third-order valence-corrected chi connectivity index (χ3v) is 4.03. The van der Waals surface area contributed by atoms with E-state index in [4.69, 9.17) is 0 Å². The van der Waals surface area contributed by atoms with Gasteiger partial charge < -0.3 is 15.2 Å². The van der Waals surface area contributed by atoms with Crippen LogP contribution in [-0.2, 0) is 9.59 Å². The van der Waals surface area contributed by atoms with Crippen LogP contribution in [0, 0.1) is 6.92 Å². The minimum atomic E-state index is -0.231. The Morgan fingerprint density at radius 2 is 1.92 bits per heavy atom. The zero-order chi connectivity index (χ0) is 18.4. The molecule has 25 heavy (non-hydrogen) atoms. The van der Waals surface area contributed by atoms with Gasteiger partial charge in [0.05, 0.1) is 5.69 Å². The van der Waals surface area contributed by atoms with Crippen LogP contribution >= 0.6 is 0 Å². The van der Waals surface area contributed by atoms with Gasteiger partial charge in [-0.1, -0.05) is 6.07 Å². The lowest BCUT2D eigenvalue weighted by Gasteiger charge is -2.18. The van der Waals surface area contributed by atoms with Gasteiger partial charge in [-0.3, -0.25) is 14.2 Å². The molecule has 0 radical (unpaired) electrons. The topological polar surface area (TPSA) is 87.2 Å². The summed E-state index contributed by atoms with van der Waals surface area (Å²) in [7, 11) is 0. The first kappa shape index (κ1) is 18.5. The Morgan fingerprint density at radius 1 is 1.20 bits per heavy atom. The fourth-order valence-electron chi connectivity index (χ4n) is 2.68. The number of H-pyrrole nitrogens is 1. The highest BCUT2D eigenvalue weighted by molar-refractivity contribution is 5.93. The number of rotatable bonds is 7. The molecule has 0 saturated carbocycles. The number of aromatic amines is 1. The second-order valence-corrected chi connectivity index (χ2v) is 5.74. The van der Waals surface area contributed by atoms with E-state index in [9.17, 15) is 14.4 Å². The largest absolute Gasteiger partial charge is 0.343 e. The average molecular weight is 344 g/mol. The van der Waals surface area contributed by atoms with Crippen molar-refractivity contribution < 1.29 is 9.59 Å². The van der Waals surface area contributed by atoms with Crippen molar-refractivity contribution in [3.8, 4) is 5.69 Å². The SMILES string of the molecule is CCN(CC)C(=O)CCC(=O)Nc1cccc(-n2c(C)c[nH]c2=O)c1. The number of nitrogens with one attached hydrogen (secondary N) is 2. The van der Waals surface area contributed by atoms with Gasteiger partial charge in [0.25, 0.3) is 0 Å². The first-order chi connectivity index (χ1) is 12.0. The molecule has 0 spiro atoms. The monoisotopic (exact) mass is 344 g/mol.